The Labute approximate surface area is 119 Å². The number of H-pyrrole nitrogens is 1. The number of aromatic nitrogens is 1. The lowest BCUT2D eigenvalue weighted by molar-refractivity contribution is 0.0752. The molecule has 0 spiro atoms. The lowest BCUT2D eigenvalue weighted by Crippen LogP contribution is -2.33. The van der Waals surface area contributed by atoms with Crippen molar-refractivity contribution < 1.29 is 4.79 Å². The molecule has 100 valence electrons. The fourth-order valence-electron chi connectivity index (χ4n) is 1.71. The van der Waals surface area contributed by atoms with Crippen molar-refractivity contribution in [3.63, 3.8) is 0 Å². The predicted molar refractivity (Wildman–Crippen MR) is 76.8 cm³/mol. The molecular weight excluding hydrogens is 284 g/mol. The fraction of sp³-hybridized carbons (Fsp3) is 0.231. The largest absolute Gasteiger partial charge is 0.367 e. The number of hydrogen-bond acceptors (Lipinski definition) is 3. The van der Waals surface area contributed by atoms with Gasteiger partial charge in [0.1, 0.15) is 5.56 Å². The van der Waals surface area contributed by atoms with Crippen molar-refractivity contribution in [1.29, 1.82) is 0 Å². The summed E-state index contributed by atoms with van der Waals surface area (Å²) in [6.45, 7) is 2.87. The standard InChI is InChI=1S/C13H13ClN2O2S/c1-2-16(8-9-3-4-12(14)19-9)13(18)10-7-15-6-5-11(10)17/h3-7H,2,8H2,1H3,(H,15,17). The number of amides is 1. The lowest BCUT2D eigenvalue weighted by Gasteiger charge is -2.19. The van der Waals surface area contributed by atoms with Crippen LogP contribution >= 0.6 is 22.9 Å². The molecular formula is C13H13ClN2O2S. The number of hydrogen-bond donors (Lipinski definition) is 1. The number of thiophene rings is 1. The smallest absolute Gasteiger partial charge is 0.259 e. The van der Waals surface area contributed by atoms with Crippen LogP contribution in [-0.4, -0.2) is 22.3 Å². The summed E-state index contributed by atoms with van der Waals surface area (Å²) in [4.78, 5) is 29.3. The highest BCUT2D eigenvalue weighted by Gasteiger charge is 2.17. The molecule has 0 saturated carbocycles. The third-order valence-electron chi connectivity index (χ3n) is 2.70. The van der Waals surface area contributed by atoms with Crippen LogP contribution in [0.5, 0.6) is 0 Å². The third kappa shape index (κ3) is 3.24. The van der Waals surface area contributed by atoms with Crippen molar-refractivity contribution in [3.8, 4) is 0 Å². The molecule has 1 amide bonds. The molecule has 4 nitrogen and oxygen atoms in total. The highest BCUT2D eigenvalue weighted by molar-refractivity contribution is 7.16. The van der Waals surface area contributed by atoms with Crippen molar-refractivity contribution in [2.75, 3.05) is 6.54 Å². The van der Waals surface area contributed by atoms with Gasteiger partial charge in [0.05, 0.1) is 10.9 Å². The van der Waals surface area contributed by atoms with Crippen LogP contribution in [0.15, 0.2) is 35.4 Å². The Bertz CT molecular complexity index is 635. The summed E-state index contributed by atoms with van der Waals surface area (Å²) in [5.74, 6) is -0.270. The molecule has 2 heterocycles. The van der Waals surface area contributed by atoms with E-state index in [4.69, 9.17) is 11.6 Å². The maximum absolute atomic E-state index is 12.3. The molecule has 0 saturated heterocycles. The van der Waals surface area contributed by atoms with Gasteiger partial charge in [-0.05, 0) is 19.1 Å². The Morgan fingerprint density at radius 2 is 2.21 bits per heavy atom. The number of pyridine rings is 1. The summed E-state index contributed by atoms with van der Waals surface area (Å²) in [6.07, 6.45) is 2.95. The zero-order valence-corrected chi connectivity index (χ0v) is 11.9. The molecule has 2 rings (SSSR count). The topological polar surface area (TPSA) is 53.2 Å². The van der Waals surface area contributed by atoms with Crippen LogP contribution < -0.4 is 5.43 Å². The molecule has 0 aliphatic heterocycles. The summed E-state index contributed by atoms with van der Waals surface area (Å²) in [7, 11) is 0. The average molecular weight is 297 g/mol. The Morgan fingerprint density at radius 1 is 1.42 bits per heavy atom. The molecule has 0 radical (unpaired) electrons. The van der Waals surface area contributed by atoms with Crippen LogP contribution in [-0.2, 0) is 6.54 Å². The van der Waals surface area contributed by atoms with E-state index in [-0.39, 0.29) is 16.9 Å². The van der Waals surface area contributed by atoms with Crippen molar-refractivity contribution in [2.24, 2.45) is 0 Å². The van der Waals surface area contributed by atoms with E-state index in [2.05, 4.69) is 4.98 Å². The van der Waals surface area contributed by atoms with Crippen LogP contribution in [0.2, 0.25) is 4.34 Å². The molecule has 6 heteroatoms. The molecule has 19 heavy (non-hydrogen) atoms. The van der Waals surface area contributed by atoms with E-state index < -0.39 is 0 Å². The van der Waals surface area contributed by atoms with E-state index in [1.165, 1.54) is 29.8 Å². The van der Waals surface area contributed by atoms with Gasteiger partial charge >= 0.3 is 0 Å². The van der Waals surface area contributed by atoms with Gasteiger partial charge in [0.15, 0.2) is 5.43 Å². The molecule has 0 fully saturated rings. The van der Waals surface area contributed by atoms with E-state index >= 15 is 0 Å². The first kappa shape index (κ1) is 13.8. The minimum atomic E-state index is -0.272. The molecule has 0 aliphatic rings. The molecule has 0 aliphatic carbocycles. The summed E-state index contributed by atoms with van der Waals surface area (Å²) in [5.41, 5.74) is -0.113. The molecule has 1 N–H and O–H groups in total. The number of nitrogens with zero attached hydrogens (tertiary/aromatic N) is 1. The summed E-state index contributed by atoms with van der Waals surface area (Å²) >= 11 is 7.30. The summed E-state index contributed by atoms with van der Waals surface area (Å²) < 4.78 is 0.691. The normalized spacial score (nSPS) is 10.4. The predicted octanol–water partition coefficient (Wildman–Crippen LogP) is 2.75. The van der Waals surface area contributed by atoms with Gasteiger partial charge in [-0.3, -0.25) is 9.59 Å². The minimum absolute atomic E-state index is 0.159. The Kier molecular flexibility index (Phi) is 4.39. The fourth-order valence-corrected chi connectivity index (χ4v) is 2.81. The van der Waals surface area contributed by atoms with Gasteiger partial charge in [-0.1, -0.05) is 11.6 Å². The maximum atomic E-state index is 12.3. The number of aromatic amines is 1. The quantitative estimate of drug-likeness (QED) is 0.943. The first-order chi connectivity index (χ1) is 9.11. The van der Waals surface area contributed by atoms with Crippen molar-refractivity contribution in [1.82, 2.24) is 9.88 Å². The second-order valence-corrected chi connectivity index (χ2v) is 5.75. The van der Waals surface area contributed by atoms with Crippen molar-refractivity contribution in [3.05, 3.63) is 55.6 Å². The number of carbonyl (C=O) groups excluding carboxylic acids is 1. The van der Waals surface area contributed by atoms with Crippen molar-refractivity contribution >= 4 is 28.8 Å². The van der Waals surface area contributed by atoms with Crippen LogP contribution in [0, 0.1) is 0 Å². The van der Waals surface area contributed by atoms with E-state index in [1.54, 1.807) is 11.0 Å². The van der Waals surface area contributed by atoms with E-state index in [0.717, 1.165) is 4.88 Å². The van der Waals surface area contributed by atoms with Crippen LogP contribution in [0.3, 0.4) is 0 Å². The zero-order chi connectivity index (χ0) is 13.8. The molecule has 0 unspecified atom stereocenters. The Morgan fingerprint density at radius 3 is 2.79 bits per heavy atom. The SMILES string of the molecule is CCN(Cc1ccc(Cl)s1)C(=O)c1c[nH]ccc1=O. The molecule has 2 aromatic heterocycles. The Hall–Kier alpha value is -1.59. The van der Waals surface area contributed by atoms with Gasteiger partial charge in [0.25, 0.3) is 5.91 Å². The third-order valence-corrected chi connectivity index (χ3v) is 3.91. The van der Waals surface area contributed by atoms with Gasteiger partial charge < -0.3 is 9.88 Å². The van der Waals surface area contributed by atoms with Crippen LogP contribution in [0.25, 0.3) is 0 Å². The average Bonchev–Trinajstić information content (AvgIpc) is 2.81. The second kappa shape index (κ2) is 6.04. The first-order valence-electron chi connectivity index (χ1n) is 5.82. The number of halogens is 1. The molecule has 0 bridgehead atoms. The van der Waals surface area contributed by atoms with Gasteiger partial charge in [-0.2, -0.15) is 0 Å². The van der Waals surface area contributed by atoms with E-state index in [1.807, 2.05) is 13.0 Å². The summed E-state index contributed by atoms with van der Waals surface area (Å²) in [6, 6.07) is 5.04. The van der Waals surface area contributed by atoms with Gasteiger partial charge in [0.2, 0.25) is 0 Å². The van der Waals surface area contributed by atoms with Gasteiger partial charge in [-0.25, -0.2) is 0 Å². The highest BCUT2D eigenvalue weighted by atomic mass is 35.5. The number of nitrogens with one attached hydrogen (secondary N) is 1. The van der Waals surface area contributed by atoms with Crippen LogP contribution in [0.4, 0.5) is 0 Å². The summed E-state index contributed by atoms with van der Waals surface area (Å²) in [5, 5.41) is 0. The van der Waals surface area contributed by atoms with E-state index in [0.29, 0.717) is 17.4 Å². The minimum Gasteiger partial charge on any atom is -0.367 e. The van der Waals surface area contributed by atoms with Crippen LogP contribution in [0.1, 0.15) is 22.2 Å². The van der Waals surface area contributed by atoms with Gasteiger partial charge in [-0.15, -0.1) is 11.3 Å². The first-order valence-corrected chi connectivity index (χ1v) is 7.02. The molecule has 0 aromatic carbocycles. The number of carbonyl (C=O) groups is 1. The van der Waals surface area contributed by atoms with E-state index in [9.17, 15) is 9.59 Å². The lowest BCUT2D eigenvalue weighted by atomic mass is 10.2. The zero-order valence-electron chi connectivity index (χ0n) is 10.4. The van der Waals surface area contributed by atoms with Crippen molar-refractivity contribution in [2.45, 2.75) is 13.5 Å². The molecule has 0 atom stereocenters. The maximum Gasteiger partial charge on any atom is 0.259 e. The Balaban J connectivity index is 2.20. The monoisotopic (exact) mass is 296 g/mol. The van der Waals surface area contributed by atoms with Gasteiger partial charge in [0, 0.05) is 29.9 Å². The second-order valence-electron chi connectivity index (χ2n) is 3.95. The number of rotatable bonds is 4. The highest BCUT2D eigenvalue weighted by Crippen LogP contribution is 2.23. The molecule has 2 aromatic rings.